The summed E-state index contributed by atoms with van der Waals surface area (Å²) in [5.74, 6) is 1.97. The Bertz CT molecular complexity index is 225. The highest BCUT2D eigenvalue weighted by atomic mass is 15.0. The quantitative estimate of drug-likeness (QED) is 0.551. The first-order valence-corrected chi connectivity index (χ1v) is 7.69. The van der Waals surface area contributed by atoms with Crippen molar-refractivity contribution in [2.24, 2.45) is 17.6 Å². The third-order valence-corrected chi connectivity index (χ3v) is 4.84. The van der Waals surface area contributed by atoms with Gasteiger partial charge in [-0.05, 0) is 50.5 Å². The van der Waals surface area contributed by atoms with E-state index in [0.29, 0.717) is 0 Å². The fourth-order valence-corrected chi connectivity index (χ4v) is 3.18. The van der Waals surface area contributed by atoms with Crippen molar-refractivity contribution in [3.8, 4) is 0 Å². The molecule has 0 aromatic carbocycles. The summed E-state index contributed by atoms with van der Waals surface area (Å²) >= 11 is 0. The maximum atomic E-state index is 6.05. The van der Waals surface area contributed by atoms with Crippen LogP contribution in [0.2, 0.25) is 0 Å². The zero-order valence-corrected chi connectivity index (χ0v) is 11.5. The monoisotopic (exact) mass is 238 g/mol. The molecule has 3 N–H and O–H groups in total. The number of nitrogens with one attached hydrogen (secondary N) is 1. The van der Waals surface area contributed by atoms with Gasteiger partial charge >= 0.3 is 0 Å². The molecule has 0 bridgehead atoms. The summed E-state index contributed by atoms with van der Waals surface area (Å²) in [5.41, 5.74) is 6.32. The maximum Gasteiger partial charge on any atom is 0.0304 e. The van der Waals surface area contributed by atoms with Crippen LogP contribution in [0.1, 0.15) is 64.7 Å². The van der Waals surface area contributed by atoms with Crippen LogP contribution in [0.25, 0.3) is 0 Å². The summed E-state index contributed by atoms with van der Waals surface area (Å²) in [6.07, 6.45) is 12.4. The molecule has 0 radical (unpaired) electrons. The predicted octanol–water partition coefficient (Wildman–Crippen LogP) is 3.06. The van der Waals surface area contributed by atoms with Crippen LogP contribution in [0.5, 0.6) is 0 Å². The van der Waals surface area contributed by atoms with Crippen molar-refractivity contribution < 1.29 is 0 Å². The molecule has 2 fully saturated rings. The van der Waals surface area contributed by atoms with Gasteiger partial charge in [-0.15, -0.1) is 0 Å². The molecule has 2 unspecified atom stereocenters. The van der Waals surface area contributed by atoms with Crippen LogP contribution in [0, 0.1) is 11.8 Å². The Balaban J connectivity index is 1.71. The molecule has 2 aliphatic carbocycles. The Morgan fingerprint density at radius 2 is 2.00 bits per heavy atom. The van der Waals surface area contributed by atoms with E-state index in [2.05, 4.69) is 12.2 Å². The van der Waals surface area contributed by atoms with Gasteiger partial charge in [-0.1, -0.05) is 32.6 Å². The van der Waals surface area contributed by atoms with E-state index >= 15 is 0 Å². The molecule has 2 rings (SSSR count). The van der Waals surface area contributed by atoms with E-state index in [4.69, 9.17) is 5.73 Å². The maximum absolute atomic E-state index is 6.05. The van der Waals surface area contributed by atoms with Crippen molar-refractivity contribution >= 4 is 0 Å². The standard InChI is InChI=1S/C15H30N2/c1-13-4-2-9-15(12-16,10-8-13)17-11-3-5-14-6-7-14/h13-14,17H,2-12,16H2,1H3. The van der Waals surface area contributed by atoms with E-state index in [1.54, 1.807) is 0 Å². The lowest BCUT2D eigenvalue weighted by Gasteiger charge is -2.33. The van der Waals surface area contributed by atoms with Crippen LogP contribution >= 0.6 is 0 Å². The van der Waals surface area contributed by atoms with Gasteiger partial charge in [0, 0.05) is 12.1 Å². The van der Waals surface area contributed by atoms with Gasteiger partial charge in [0.25, 0.3) is 0 Å². The van der Waals surface area contributed by atoms with Gasteiger partial charge in [-0.25, -0.2) is 0 Å². The van der Waals surface area contributed by atoms with Gasteiger partial charge in [0.15, 0.2) is 0 Å². The van der Waals surface area contributed by atoms with Gasteiger partial charge in [0.2, 0.25) is 0 Å². The highest BCUT2D eigenvalue weighted by Gasteiger charge is 2.30. The highest BCUT2D eigenvalue weighted by molar-refractivity contribution is 4.91. The molecule has 0 aromatic heterocycles. The molecule has 0 saturated heterocycles. The first-order valence-electron chi connectivity index (χ1n) is 7.69. The van der Waals surface area contributed by atoms with Gasteiger partial charge in [-0.3, -0.25) is 0 Å². The first kappa shape index (κ1) is 13.4. The molecular formula is C15H30N2. The van der Waals surface area contributed by atoms with Crippen LogP contribution in [0.4, 0.5) is 0 Å². The SMILES string of the molecule is CC1CCCC(CN)(NCCCC2CC2)CC1. The Morgan fingerprint density at radius 3 is 2.71 bits per heavy atom. The zero-order chi connectivity index (χ0) is 12.1. The van der Waals surface area contributed by atoms with Crippen molar-refractivity contribution in [3.63, 3.8) is 0 Å². The van der Waals surface area contributed by atoms with Crippen molar-refractivity contribution in [2.75, 3.05) is 13.1 Å². The number of nitrogens with two attached hydrogens (primary N) is 1. The Labute approximate surface area is 107 Å². The fourth-order valence-electron chi connectivity index (χ4n) is 3.18. The van der Waals surface area contributed by atoms with Crippen LogP contribution in [-0.4, -0.2) is 18.6 Å². The van der Waals surface area contributed by atoms with E-state index in [9.17, 15) is 0 Å². The van der Waals surface area contributed by atoms with E-state index in [1.165, 1.54) is 64.3 Å². The molecule has 0 spiro atoms. The van der Waals surface area contributed by atoms with Crippen LogP contribution < -0.4 is 11.1 Å². The summed E-state index contributed by atoms with van der Waals surface area (Å²) in [4.78, 5) is 0. The Hall–Kier alpha value is -0.0800. The lowest BCUT2D eigenvalue weighted by molar-refractivity contribution is 0.287. The molecule has 2 aliphatic rings. The van der Waals surface area contributed by atoms with Crippen molar-refractivity contribution in [2.45, 2.75) is 70.3 Å². The largest absolute Gasteiger partial charge is 0.329 e. The van der Waals surface area contributed by atoms with Crippen LogP contribution in [0.3, 0.4) is 0 Å². The summed E-state index contributed by atoms with van der Waals surface area (Å²) in [5, 5.41) is 3.80. The molecule has 17 heavy (non-hydrogen) atoms. The molecule has 0 aliphatic heterocycles. The first-order chi connectivity index (χ1) is 8.24. The van der Waals surface area contributed by atoms with Crippen molar-refractivity contribution in [3.05, 3.63) is 0 Å². The van der Waals surface area contributed by atoms with E-state index in [1.807, 2.05) is 0 Å². The van der Waals surface area contributed by atoms with Crippen LogP contribution in [0.15, 0.2) is 0 Å². The van der Waals surface area contributed by atoms with E-state index in [0.717, 1.165) is 18.4 Å². The third kappa shape index (κ3) is 4.26. The third-order valence-electron chi connectivity index (χ3n) is 4.84. The molecular weight excluding hydrogens is 208 g/mol. The zero-order valence-electron chi connectivity index (χ0n) is 11.5. The second-order valence-corrected chi connectivity index (χ2v) is 6.53. The Morgan fingerprint density at radius 1 is 1.18 bits per heavy atom. The average molecular weight is 238 g/mol. The second-order valence-electron chi connectivity index (χ2n) is 6.53. The molecule has 2 atom stereocenters. The van der Waals surface area contributed by atoms with Crippen molar-refractivity contribution in [1.82, 2.24) is 5.32 Å². The average Bonchev–Trinajstić information content (AvgIpc) is 3.14. The highest BCUT2D eigenvalue weighted by Crippen LogP contribution is 2.33. The number of hydrogen-bond donors (Lipinski definition) is 2. The van der Waals surface area contributed by atoms with Gasteiger partial charge in [-0.2, -0.15) is 0 Å². The van der Waals surface area contributed by atoms with Gasteiger partial charge in [0.1, 0.15) is 0 Å². The van der Waals surface area contributed by atoms with Gasteiger partial charge < -0.3 is 11.1 Å². The molecule has 0 aromatic rings. The molecule has 2 heteroatoms. The minimum absolute atomic E-state index is 0.272. The topological polar surface area (TPSA) is 38.0 Å². The number of hydrogen-bond acceptors (Lipinski definition) is 2. The normalized spacial score (nSPS) is 34.6. The smallest absolute Gasteiger partial charge is 0.0304 e. The van der Waals surface area contributed by atoms with Crippen LogP contribution in [-0.2, 0) is 0 Å². The van der Waals surface area contributed by atoms with Gasteiger partial charge in [0.05, 0.1) is 0 Å². The predicted molar refractivity (Wildman–Crippen MR) is 74.0 cm³/mol. The summed E-state index contributed by atoms with van der Waals surface area (Å²) in [6.45, 7) is 4.39. The molecule has 2 saturated carbocycles. The summed E-state index contributed by atoms with van der Waals surface area (Å²) < 4.78 is 0. The number of rotatable bonds is 6. The minimum atomic E-state index is 0.272. The van der Waals surface area contributed by atoms with Crippen molar-refractivity contribution in [1.29, 1.82) is 0 Å². The fraction of sp³-hybridized carbons (Fsp3) is 1.00. The minimum Gasteiger partial charge on any atom is -0.329 e. The lowest BCUT2D eigenvalue weighted by Crippen LogP contribution is -2.51. The molecule has 100 valence electrons. The molecule has 0 amide bonds. The molecule has 0 heterocycles. The summed E-state index contributed by atoms with van der Waals surface area (Å²) in [6, 6.07) is 0. The summed E-state index contributed by atoms with van der Waals surface area (Å²) in [7, 11) is 0. The van der Waals surface area contributed by atoms with E-state index < -0.39 is 0 Å². The Kier molecular flexibility index (Phi) is 4.87. The molecule has 2 nitrogen and oxygen atoms in total. The van der Waals surface area contributed by atoms with E-state index in [-0.39, 0.29) is 5.54 Å². The lowest BCUT2D eigenvalue weighted by atomic mass is 9.89. The second kappa shape index (κ2) is 6.19.